The van der Waals surface area contributed by atoms with Crippen molar-refractivity contribution in [2.45, 2.75) is 32.6 Å². The summed E-state index contributed by atoms with van der Waals surface area (Å²) in [6.07, 6.45) is -0.0275. The van der Waals surface area contributed by atoms with Gasteiger partial charge in [0.05, 0.1) is 6.42 Å². The van der Waals surface area contributed by atoms with Gasteiger partial charge < -0.3 is 19.5 Å². The van der Waals surface area contributed by atoms with Crippen molar-refractivity contribution >= 4 is 17.7 Å². The average molecular weight is 411 g/mol. The van der Waals surface area contributed by atoms with Gasteiger partial charge in [-0.05, 0) is 41.3 Å². The molecule has 1 aliphatic heterocycles. The number of amides is 1. The monoisotopic (exact) mass is 411 g/mol. The topological polar surface area (TPSA) is 90.9 Å². The molecule has 1 heterocycles. The highest BCUT2D eigenvalue weighted by molar-refractivity contribution is 5.98. The maximum Gasteiger partial charge on any atom is 0.308 e. The Bertz CT molecular complexity index is 943. The zero-order valence-electron chi connectivity index (χ0n) is 17.3. The number of carbonyl (C=O) groups excluding carboxylic acids is 3. The third-order valence-electron chi connectivity index (χ3n) is 4.69. The van der Waals surface area contributed by atoms with Crippen molar-refractivity contribution in [1.29, 1.82) is 0 Å². The van der Waals surface area contributed by atoms with Gasteiger partial charge in [-0.25, -0.2) is 0 Å². The Morgan fingerprint density at radius 2 is 1.63 bits per heavy atom. The summed E-state index contributed by atoms with van der Waals surface area (Å²) in [7, 11) is 0. The molecule has 0 aromatic heterocycles. The molecule has 0 saturated carbocycles. The van der Waals surface area contributed by atoms with Gasteiger partial charge in [0.15, 0.2) is 23.9 Å². The molecule has 158 valence electrons. The van der Waals surface area contributed by atoms with Crippen LogP contribution >= 0.6 is 0 Å². The molecule has 3 rings (SSSR count). The first-order chi connectivity index (χ1) is 14.2. The van der Waals surface area contributed by atoms with Crippen LogP contribution < -0.4 is 14.8 Å². The fraction of sp³-hybridized carbons (Fsp3) is 0.348. The van der Waals surface area contributed by atoms with E-state index in [0.717, 1.165) is 5.56 Å². The van der Waals surface area contributed by atoms with Crippen LogP contribution in [0.3, 0.4) is 0 Å². The highest BCUT2D eigenvalue weighted by Crippen LogP contribution is 2.32. The molecule has 2 aromatic carbocycles. The Kier molecular flexibility index (Phi) is 6.40. The summed E-state index contributed by atoms with van der Waals surface area (Å²) in [6.45, 7) is 6.17. The molecule has 1 amide bonds. The van der Waals surface area contributed by atoms with Crippen LogP contribution in [-0.4, -0.2) is 37.6 Å². The molecule has 2 aromatic rings. The maximum atomic E-state index is 12.2. The lowest BCUT2D eigenvalue weighted by atomic mass is 9.87. The number of hydrogen-bond acceptors (Lipinski definition) is 6. The maximum absolute atomic E-state index is 12.2. The highest BCUT2D eigenvalue weighted by Gasteiger charge is 2.18. The Morgan fingerprint density at radius 3 is 2.33 bits per heavy atom. The largest absolute Gasteiger partial charge is 0.457 e. The van der Waals surface area contributed by atoms with Crippen LogP contribution in [0.4, 0.5) is 0 Å². The number of hydrogen-bond donors (Lipinski definition) is 1. The van der Waals surface area contributed by atoms with Gasteiger partial charge in [0.2, 0.25) is 6.79 Å². The number of rotatable bonds is 7. The van der Waals surface area contributed by atoms with E-state index in [1.165, 1.54) is 0 Å². The fourth-order valence-electron chi connectivity index (χ4n) is 2.87. The molecule has 30 heavy (non-hydrogen) atoms. The van der Waals surface area contributed by atoms with Gasteiger partial charge in [-0.1, -0.05) is 32.9 Å². The summed E-state index contributed by atoms with van der Waals surface area (Å²) in [4.78, 5) is 36.2. The van der Waals surface area contributed by atoms with E-state index in [4.69, 9.17) is 14.2 Å². The number of benzene rings is 2. The second kappa shape index (κ2) is 8.98. The van der Waals surface area contributed by atoms with E-state index in [-0.39, 0.29) is 43.5 Å². The number of ether oxygens (including phenoxy) is 3. The van der Waals surface area contributed by atoms with Crippen molar-refractivity contribution in [3.05, 3.63) is 59.2 Å². The van der Waals surface area contributed by atoms with E-state index >= 15 is 0 Å². The molecule has 7 heteroatoms. The Labute approximate surface area is 175 Å². The van der Waals surface area contributed by atoms with Gasteiger partial charge in [0.1, 0.15) is 0 Å². The van der Waals surface area contributed by atoms with Gasteiger partial charge in [0.25, 0.3) is 5.91 Å². The molecule has 0 bridgehead atoms. The number of nitrogens with one attached hydrogen (secondary N) is 1. The van der Waals surface area contributed by atoms with Gasteiger partial charge in [-0.3, -0.25) is 14.4 Å². The first-order valence-corrected chi connectivity index (χ1v) is 9.71. The van der Waals surface area contributed by atoms with Crippen LogP contribution in [0.15, 0.2) is 42.5 Å². The number of ketones is 1. The first-order valence-electron chi connectivity index (χ1n) is 9.71. The number of fused-ring (bicyclic) bond motifs is 1. The van der Waals surface area contributed by atoms with E-state index in [1.54, 1.807) is 30.3 Å². The highest BCUT2D eigenvalue weighted by atomic mass is 16.7. The molecule has 1 aliphatic rings. The van der Waals surface area contributed by atoms with E-state index in [9.17, 15) is 14.4 Å². The van der Waals surface area contributed by atoms with Crippen molar-refractivity contribution in [2.75, 3.05) is 19.9 Å². The minimum absolute atomic E-state index is 0.0107. The average Bonchev–Trinajstić information content (AvgIpc) is 3.19. The minimum atomic E-state index is -0.563. The van der Waals surface area contributed by atoms with Crippen molar-refractivity contribution in [1.82, 2.24) is 5.32 Å². The zero-order chi connectivity index (χ0) is 21.7. The van der Waals surface area contributed by atoms with Gasteiger partial charge in [-0.2, -0.15) is 0 Å². The normalized spacial score (nSPS) is 12.4. The van der Waals surface area contributed by atoms with E-state index in [0.29, 0.717) is 22.6 Å². The molecule has 0 radical (unpaired) electrons. The van der Waals surface area contributed by atoms with Gasteiger partial charge >= 0.3 is 5.97 Å². The van der Waals surface area contributed by atoms with Crippen LogP contribution in [0.2, 0.25) is 0 Å². The fourth-order valence-corrected chi connectivity index (χ4v) is 2.87. The molecule has 0 unspecified atom stereocenters. The number of Topliss-reactive ketones (excluding diaryl/α,β-unsaturated/α-hetero) is 1. The minimum Gasteiger partial charge on any atom is -0.457 e. The third kappa shape index (κ3) is 5.37. The van der Waals surface area contributed by atoms with Crippen LogP contribution in [0.1, 0.15) is 53.5 Å². The second-order valence-electron chi connectivity index (χ2n) is 7.99. The van der Waals surface area contributed by atoms with Crippen molar-refractivity contribution in [2.24, 2.45) is 0 Å². The van der Waals surface area contributed by atoms with Crippen molar-refractivity contribution < 1.29 is 28.6 Å². The summed E-state index contributed by atoms with van der Waals surface area (Å²) < 4.78 is 15.4. The molecule has 0 atom stereocenters. The van der Waals surface area contributed by atoms with E-state index < -0.39 is 5.97 Å². The number of carbonyl (C=O) groups is 3. The summed E-state index contributed by atoms with van der Waals surface area (Å²) in [5.74, 6) is -0.102. The van der Waals surface area contributed by atoms with Crippen molar-refractivity contribution in [3.8, 4) is 11.5 Å². The molecule has 0 saturated heterocycles. The lowest BCUT2D eigenvalue weighted by Crippen LogP contribution is -2.27. The quantitative estimate of drug-likeness (QED) is 0.556. The molecule has 0 spiro atoms. The smallest absolute Gasteiger partial charge is 0.308 e. The van der Waals surface area contributed by atoms with Gasteiger partial charge in [0, 0.05) is 17.7 Å². The molecule has 0 fully saturated rings. The molecular formula is C23H25NO6. The van der Waals surface area contributed by atoms with Crippen LogP contribution in [0, 0.1) is 0 Å². The molecule has 1 N–H and O–H groups in total. The standard InChI is InChI=1S/C23H25NO6/c1-23(2,3)17-7-4-15(5-8-17)22(27)24-11-10-21(26)28-13-18(25)16-6-9-19-20(12-16)30-14-29-19/h4-9,12H,10-11,13-14H2,1-3H3,(H,24,27). The third-order valence-corrected chi connectivity index (χ3v) is 4.69. The predicted molar refractivity (Wildman–Crippen MR) is 110 cm³/mol. The summed E-state index contributed by atoms with van der Waals surface area (Å²) in [5.41, 5.74) is 2.04. The Hall–Kier alpha value is -3.35. The zero-order valence-corrected chi connectivity index (χ0v) is 17.3. The Balaban J connectivity index is 1.40. The first kappa shape index (κ1) is 21.4. The Morgan fingerprint density at radius 1 is 0.967 bits per heavy atom. The van der Waals surface area contributed by atoms with Crippen LogP contribution in [0.5, 0.6) is 11.5 Å². The second-order valence-corrected chi connectivity index (χ2v) is 7.99. The number of esters is 1. The molecule has 7 nitrogen and oxygen atoms in total. The summed E-state index contributed by atoms with van der Waals surface area (Å²) >= 11 is 0. The predicted octanol–water partition coefficient (Wildman–Crippen LogP) is 3.26. The van der Waals surface area contributed by atoms with Gasteiger partial charge in [-0.15, -0.1) is 0 Å². The summed E-state index contributed by atoms with van der Waals surface area (Å²) in [5, 5.41) is 2.68. The molecule has 0 aliphatic carbocycles. The lowest BCUT2D eigenvalue weighted by molar-refractivity contribution is -0.142. The SMILES string of the molecule is CC(C)(C)c1ccc(C(=O)NCCC(=O)OCC(=O)c2ccc3c(c2)OCO3)cc1. The van der Waals surface area contributed by atoms with Crippen LogP contribution in [-0.2, 0) is 14.9 Å². The van der Waals surface area contributed by atoms with Crippen molar-refractivity contribution in [3.63, 3.8) is 0 Å². The summed E-state index contributed by atoms with van der Waals surface area (Å²) in [6, 6.07) is 12.2. The molecular weight excluding hydrogens is 386 g/mol. The van der Waals surface area contributed by atoms with E-state index in [2.05, 4.69) is 26.1 Å². The van der Waals surface area contributed by atoms with Crippen LogP contribution in [0.25, 0.3) is 0 Å². The van der Waals surface area contributed by atoms with E-state index in [1.807, 2.05) is 12.1 Å². The lowest BCUT2D eigenvalue weighted by Gasteiger charge is -2.19.